The van der Waals surface area contributed by atoms with Crippen LogP contribution in [0.3, 0.4) is 0 Å². The molecule has 0 unspecified atom stereocenters. The molecule has 1 heterocycles. The SMILES string of the molecule is Cc1cnccc1Oc1ccccc1Br. The van der Waals surface area contributed by atoms with Crippen molar-refractivity contribution in [3.8, 4) is 11.5 Å². The van der Waals surface area contributed by atoms with Crippen molar-refractivity contribution in [2.24, 2.45) is 0 Å². The summed E-state index contributed by atoms with van der Waals surface area (Å²) in [5.74, 6) is 1.64. The van der Waals surface area contributed by atoms with Gasteiger partial charge in [0.2, 0.25) is 0 Å². The largest absolute Gasteiger partial charge is 0.456 e. The summed E-state index contributed by atoms with van der Waals surface area (Å²) in [5.41, 5.74) is 1.02. The molecule has 2 nitrogen and oxygen atoms in total. The Morgan fingerprint density at radius 1 is 1.13 bits per heavy atom. The Hall–Kier alpha value is -1.35. The highest BCUT2D eigenvalue weighted by atomic mass is 79.9. The maximum absolute atomic E-state index is 5.75. The normalized spacial score (nSPS) is 10.0. The molecule has 2 rings (SSSR count). The second-order valence-corrected chi connectivity index (χ2v) is 4.03. The number of para-hydroxylation sites is 1. The molecule has 2 aromatic rings. The van der Waals surface area contributed by atoms with E-state index in [1.54, 1.807) is 12.4 Å². The molecule has 0 spiro atoms. The van der Waals surface area contributed by atoms with Gasteiger partial charge in [0.15, 0.2) is 0 Å². The summed E-state index contributed by atoms with van der Waals surface area (Å²) in [7, 11) is 0. The summed E-state index contributed by atoms with van der Waals surface area (Å²) in [4.78, 5) is 4.02. The van der Waals surface area contributed by atoms with Gasteiger partial charge < -0.3 is 4.74 Å². The van der Waals surface area contributed by atoms with Gasteiger partial charge in [-0.05, 0) is 41.1 Å². The zero-order chi connectivity index (χ0) is 10.7. The van der Waals surface area contributed by atoms with Gasteiger partial charge in [-0.2, -0.15) is 0 Å². The summed E-state index contributed by atoms with van der Waals surface area (Å²) in [5, 5.41) is 0. The Kier molecular flexibility index (Phi) is 3.02. The summed E-state index contributed by atoms with van der Waals surface area (Å²) in [6.07, 6.45) is 3.51. The maximum Gasteiger partial charge on any atom is 0.141 e. The van der Waals surface area contributed by atoms with Crippen molar-refractivity contribution in [3.05, 3.63) is 52.8 Å². The third-order valence-electron chi connectivity index (χ3n) is 2.03. The first-order chi connectivity index (χ1) is 7.27. The fourth-order valence-corrected chi connectivity index (χ4v) is 1.59. The molecule has 0 radical (unpaired) electrons. The molecule has 1 aromatic carbocycles. The average molecular weight is 264 g/mol. The monoisotopic (exact) mass is 263 g/mol. The molecule has 0 bridgehead atoms. The summed E-state index contributed by atoms with van der Waals surface area (Å²) >= 11 is 3.44. The van der Waals surface area contributed by atoms with Crippen LogP contribution in [0, 0.1) is 6.92 Å². The minimum Gasteiger partial charge on any atom is -0.456 e. The van der Waals surface area contributed by atoms with Gasteiger partial charge in [-0.3, -0.25) is 4.98 Å². The molecule has 0 amide bonds. The lowest BCUT2D eigenvalue weighted by molar-refractivity contribution is 0.475. The van der Waals surface area contributed by atoms with E-state index in [4.69, 9.17) is 4.74 Å². The minimum absolute atomic E-state index is 0.812. The average Bonchev–Trinajstić information content (AvgIpc) is 2.24. The molecule has 15 heavy (non-hydrogen) atoms. The first-order valence-corrected chi connectivity index (χ1v) is 5.39. The third-order valence-corrected chi connectivity index (χ3v) is 2.68. The number of hydrogen-bond donors (Lipinski definition) is 0. The topological polar surface area (TPSA) is 22.1 Å². The highest BCUT2D eigenvalue weighted by Gasteiger charge is 2.03. The molecule has 0 atom stereocenters. The Bertz CT molecular complexity index is 427. The highest BCUT2D eigenvalue weighted by molar-refractivity contribution is 9.10. The van der Waals surface area contributed by atoms with E-state index in [2.05, 4.69) is 20.9 Å². The Labute approximate surface area is 97.1 Å². The van der Waals surface area contributed by atoms with Crippen molar-refractivity contribution in [2.75, 3.05) is 0 Å². The molecular formula is C12H10BrNO. The predicted octanol–water partition coefficient (Wildman–Crippen LogP) is 3.94. The minimum atomic E-state index is 0.812. The van der Waals surface area contributed by atoms with Crippen LogP contribution in [0.2, 0.25) is 0 Å². The molecule has 0 aliphatic heterocycles. The van der Waals surface area contributed by atoms with E-state index < -0.39 is 0 Å². The molecular weight excluding hydrogens is 254 g/mol. The molecule has 0 aliphatic carbocycles. The Morgan fingerprint density at radius 3 is 2.67 bits per heavy atom. The van der Waals surface area contributed by atoms with Gasteiger partial charge >= 0.3 is 0 Å². The zero-order valence-corrected chi connectivity index (χ0v) is 9.86. The van der Waals surface area contributed by atoms with E-state index >= 15 is 0 Å². The summed E-state index contributed by atoms with van der Waals surface area (Å²) < 4.78 is 6.70. The number of aryl methyl sites for hydroxylation is 1. The third kappa shape index (κ3) is 2.36. The lowest BCUT2D eigenvalue weighted by Crippen LogP contribution is -1.88. The maximum atomic E-state index is 5.75. The van der Waals surface area contributed by atoms with E-state index in [0.29, 0.717) is 0 Å². The van der Waals surface area contributed by atoms with Gasteiger partial charge in [0.1, 0.15) is 11.5 Å². The number of rotatable bonds is 2. The van der Waals surface area contributed by atoms with Crippen LogP contribution < -0.4 is 4.74 Å². The molecule has 1 aromatic heterocycles. The first kappa shape index (κ1) is 10.2. The van der Waals surface area contributed by atoms with Crippen molar-refractivity contribution in [1.82, 2.24) is 4.98 Å². The van der Waals surface area contributed by atoms with Crippen LogP contribution in [-0.4, -0.2) is 4.98 Å². The van der Waals surface area contributed by atoms with Crippen LogP contribution in [0.15, 0.2) is 47.2 Å². The fraction of sp³-hybridized carbons (Fsp3) is 0.0833. The molecule has 3 heteroatoms. The number of benzene rings is 1. The molecule has 0 fully saturated rings. The summed E-state index contributed by atoms with van der Waals surface area (Å²) in [6, 6.07) is 9.62. The number of pyridine rings is 1. The highest BCUT2D eigenvalue weighted by Crippen LogP contribution is 2.30. The number of nitrogens with zero attached hydrogens (tertiary/aromatic N) is 1. The van der Waals surface area contributed by atoms with Gasteiger partial charge in [-0.25, -0.2) is 0 Å². The zero-order valence-electron chi connectivity index (χ0n) is 8.27. The fourth-order valence-electron chi connectivity index (χ4n) is 1.22. The lowest BCUT2D eigenvalue weighted by atomic mass is 10.3. The smallest absolute Gasteiger partial charge is 0.141 e. The van der Waals surface area contributed by atoms with Crippen LogP contribution in [0.5, 0.6) is 11.5 Å². The van der Waals surface area contributed by atoms with Gasteiger partial charge in [-0.1, -0.05) is 12.1 Å². The number of ether oxygens (including phenoxy) is 1. The van der Waals surface area contributed by atoms with E-state index in [-0.39, 0.29) is 0 Å². The number of halogens is 1. The predicted molar refractivity (Wildman–Crippen MR) is 63.2 cm³/mol. The van der Waals surface area contributed by atoms with E-state index in [1.807, 2.05) is 37.3 Å². The number of aromatic nitrogens is 1. The van der Waals surface area contributed by atoms with Crippen molar-refractivity contribution in [2.45, 2.75) is 6.92 Å². The van der Waals surface area contributed by atoms with E-state index in [0.717, 1.165) is 21.5 Å². The number of hydrogen-bond acceptors (Lipinski definition) is 2. The van der Waals surface area contributed by atoms with Crippen molar-refractivity contribution in [1.29, 1.82) is 0 Å². The van der Waals surface area contributed by atoms with Crippen molar-refractivity contribution >= 4 is 15.9 Å². The summed E-state index contributed by atoms with van der Waals surface area (Å²) in [6.45, 7) is 1.97. The molecule has 0 N–H and O–H groups in total. The van der Waals surface area contributed by atoms with Crippen LogP contribution in [0.1, 0.15) is 5.56 Å². The van der Waals surface area contributed by atoms with Crippen LogP contribution >= 0.6 is 15.9 Å². The first-order valence-electron chi connectivity index (χ1n) is 4.60. The quantitative estimate of drug-likeness (QED) is 0.819. The molecule has 0 saturated carbocycles. The Balaban J connectivity index is 2.30. The van der Waals surface area contributed by atoms with E-state index in [9.17, 15) is 0 Å². The molecule has 0 aliphatic rings. The van der Waals surface area contributed by atoms with E-state index in [1.165, 1.54) is 0 Å². The van der Waals surface area contributed by atoms with Crippen LogP contribution in [-0.2, 0) is 0 Å². The standard InChI is InChI=1S/C12H10BrNO/c1-9-8-14-7-6-11(9)15-12-5-3-2-4-10(12)13/h2-8H,1H3. The second-order valence-electron chi connectivity index (χ2n) is 3.17. The van der Waals surface area contributed by atoms with Gasteiger partial charge in [-0.15, -0.1) is 0 Å². The lowest BCUT2D eigenvalue weighted by Gasteiger charge is -2.08. The van der Waals surface area contributed by atoms with Gasteiger partial charge in [0.05, 0.1) is 4.47 Å². The Morgan fingerprint density at radius 2 is 1.93 bits per heavy atom. The molecule has 0 saturated heterocycles. The van der Waals surface area contributed by atoms with Gasteiger partial charge in [0, 0.05) is 18.0 Å². The van der Waals surface area contributed by atoms with Crippen molar-refractivity contribution < 1.29 is 4.74 Å². The molecule has 76 valence electrons. The second kappa shape index (κ2) is 4.45. The van der Waals surface area contributed by atoms with Crippen LogP contribution in [0.4, 0.5) is 0 Å². The van der Waals surface area contributed by atoms with Gasteiger partial charge in [0.25, 0.3) is 0 Å². The van der Waals surface area contributed by atoms with Crippen LogP contribution in [0.25, 0.3) is 0 Å². The van der Waals surface area contributed by atoms with Crippen molar-refractivity contribution in [3.63, 3.8) is 0 Å².